The number of furan rings is 1. The van der Waals surface area contributed by atoms with E-state index in [1.165, 1.54) is 4.90 Å². The highest BCUT2D eigenvalue weighted by Crippen LogP contribution is 2.40. The Kier molecular flexibility index (Phi) is 6.65. The summed E-state index contributed by atoms with van der Waals surface area (Å²) in [6.45, 7) is 5.42. The number of ketones is 1. The molecule has 3 heterocycles. The van der Waals surface area contributed by atoms with Crippen LogP contribution in [0.15, 0.2) is 52.1 Å². The van der Waals surface area contributed by atoms with E-state index in [1.807, 2.05) is 24.3 Å². The van der Waals surface area contributed by atoms with Gasteiger partial charge in [0.15, 0.2) is 11.5 Å². The van der Waals surface area contributed by atoms with Crippen molar-refractivity contribution in [2.45, 2.75) is 51.7 Å². The van der Waals surface area contributed by atoms with E-state index in [2.05, 4.69) is 6.92 Å². The average molecular weight is 440 g/mol. The van der Waals surface area contributed by atoms with Gasteiger partial charge in [-0.3, -0.25) is 9.59 Å². The first kappa shape index (κ1) is 22.1. The van der Waals surface area contributed by atoms with Crippen molar-refractivity contribution < 1.29 is 28.6 Å². The average Bonchev–Trinajstić information content (AvgIpc) is 3.52. The number of Topliss-reactive ketones (excluding diaryl/α,β-unsaturated/α-hetero) is 1. The minimum Gasteiger partial charge on any atom is -0.503 e. The molecule has 0 saturated carbocycles. The Labute approximate surface area is 187 Å². The number of aryl methyl sites for hydroxylation is 1. The van der Waals surface area contributed by atoms with E-state index < -0.39 is 23.5 Å². The second-order valence-corrected chi connectivity index (χ2v) is 8.27. The second kappa shape index (κ2) is 9.61. The summed E-state index contributed by atoms with van der Waals surface area (Å²) in [5, 5.41) is 10.7. The molecule has 0 aliphatic carbocycles. The molecule has 4 rings (SSSR count). The molecule has 1 fully saturated rings. The van der Waals surface area contributed by atoms with Crippen LogP contribution in [0.5, 0.6) is 5.75 Å². The molecule has 1 amide bonds. The van der Waals surface area contributed by atoms with Crippen molar-refractivity contribution in [2.75, 3.05) is 19.8 Å². The van der Waals surface area contributed by atoms with Gasteiger partial charge >= 0.3 is 0 Å². The van der Waals surface area contributed by atoms with E-state index in [0.29, 0.717) is 25.5 Å². The largest absolute Gasteiger partial charge is 0.503 e. The molecule has 1 saturated heterocycles. The van der Waals surface area contributed by atoms with Crippen LogP contribution in [0.1, 0.15) is 60.5 Å². The molecule has 2 atom stereocenters. The fourth-order valence-corrected chi connectivity index (χ4v) is 4.20. The molecule has 2 aromatic rings. The van der Waals surface area contributed by atoms with Crippen LogP contribution in [-0.2, 0) is 9.53 Å². The third-order valence-corrected chi connectivity index (χ3v) is 5.90. The van der Waals surface area contributed by atoms with Crippen LogP contribution in [-0.4, -0.2) is 47.6 Å². The number of aliphatic hydroxyl groups is 1. The monoisotopic (exact) mass is 439 g/mol. The van der Waals surface area contributed by atoms with Crippen LogP contribution < -0.4 is 4.74 Å². The standard InChI is InChI=1S/C25H29NO6/c1-3-4-13-30-18-10-8-17(9-11-18)22-21(23(27)20-12-7-16(2)32-20)24(28)25(29)26(22)15-19-6-5-14-31-19/h7-12,19,22,28H,3-6,13-15H2,1-2H3/t19-,22+/m0/s1. The highest BCUT2D eigenvalue weighted by atomic mass is 16.5. The predicted octanol–water partition coefficient (Wildman–Crippen LogP) is 4.52. The number of rotatable bonds is 9. The second-order valence-electron chi connectivity index (χ2n) is 8.27. The fraction of sp³-hybridized carbons (Fsp3) is 0.440. The maximum atomic E-state index is 13.3. The smallest absolute Gasteiger partial charge is 0.290 e. The van der Waals surface area contributed by atoms with Crippen LogP contribution in [0.25, 0.3) is 0 Å². The zero-order valence-electron chi connectivity index (χ0n) is 18.5. The van der Waals surface area contributed by atoms with Gasteiger partial charge in [-0.2, -0.15) is 0 Å². The molecular formula is C25H29NO6. The molecule has 0 spiro atoms. The highest BCUT2D eigenvalue weighted by molar-refractivity contribution is 6.15. The molecule has 2 aliphatic heterocycles. The Morgan fingerprint density at radius 3 is 2.62 bits per heavy atom. The van der Waals surface area contributed by atoms with Gasteiger partial charge in [0, 0.05) is 13.2 Å². The number of carbonyl (C=O) groups excluding carboxylic acids is 2. The molecule has 1 aromatic carbocycles. The van der Waals surface area contributed by atoms with Gasteiger partial charge in [-0.1, -0.05) is 25.5 Å². The van der Waals surface area contributed by atoms with Gasteiger partial charge in [-0.25, -0.2) is 0 Å². The summed E-state index contributed by atoms with van der Waals surface area (Å²) < 4.78 is 17.0. The van der Waals surface area contributed by atoms with Crippen molar-refractivity contribution in [3.8, 4) is 5.75 Å². The lowest BCUT2D eigenvalue weighted by molar-refractivity contribution is -0.131. The number of nitrogens with zero attached hydrogens (tertiary/aromatic N) is 1. The van der Waals surface area contributed by atoms with Crippen molar-refractivity contribution in [1.82, 2.24) is 4.90 Å². The Morgan fingerprint density at radius 1 is 1.22 bits per heavy atom. The first-order chi connectivity index (χ1) is 15.5. The Balaban J connectivity index is 1.66. The zero-order valence-corrected chi connectivity index (χ0v) is 18.5. The minimum absolute atomic E-state index is 0.0296. The Morgan fingerprint density at radius 2 is 2.00 bits per heavy atom. The quantitative estimate of drug-likeness (QED) is 0.456. The number of hydrogen-bond acceptors (Lipinski definition) is 6. The van der Waals surface area contributed by atoms with E-state index in [1.54, 1.807) is 19.1 Å². The maximum Gasteiger partial charge on any atom is 0.290 e. The Hall–Kier alpha value is -3.06. The summed E-state index contributed by atoms with van der Waals surface area (Å²) in [6.07, 6.45) is 3.65. The third-order valence-electron chi connectivity index (χ3n) is 5.90. The van der Waals surface area contributed by atoms with Crippen molar-refractivity contribution in [2.24, 2.45) is 0 Å². The van der Waals surface area contributed by atoms with Crippen LogP contribution in [0.4, 0.5) is 0 Å². The number of carbonyl (C=O) groups is 2. The SMILES string of the molecule is CCCCOc1ccc([C@@H]2C(C(=O)c3ccc(C)o3)=C(O)C(=O)N2C[C@@H]2CCCO2)cc1. The Bertz CT molecular complexity index is 1000. The lowest BCUT2D eigenvalue weighted by Crippen LogP contribution is -2.37. The van der Waals surface area contributed by atoms with Gasteiger partial charge < -0.3 is 23.9 Å². The lowest BCUT2D eigenvalue weighted by atomic mass is 9.95. The van der Waals surface area contributed by atoms with Crippen LogP contribution >= 0.6 is 0 Å². The molecule has 0 bridgehead atoms. The van der Waals surface area contributed by atoms with Crippen molar-refractivity contribution in [1.29, 1.82) is 0 Å². The molecule has 170 valence electrons. The summed E-state index contributed by atoms with van der Waals surface area (Å²) in [5.41, 5.74) is 0.747. The summed E-state index contributed by atoms with van der Waals surface area (Å²) in [7, 11) is 0. The lowest BCUT2D eigenvalue weighted by Gasteiger charge is -2.28. The van der Waals surface area contributed by atoms with Crippen molar-refractivity contribution in [3.63, 3.8) is 0 Å². The molecule has 7 nitrogen and oxygen atoms in total. The van der Waals surface area contributed by atoms with E-state index in [9.17, 15) is 14.7 Å². The molecule has 0 radical (unpaired) electrons. The van der Waals surface area contributed by atoms with Gasteiger partial charge in [0.05, 0.1) is 24.3 Å². The molecule has 2 aliphatic rings. The van der Waals surface area contributed by atoms with E-state index >= 15 is 0 Å². The number of ether oxygens (including phenoxy) is 2. The number of hydrogen-bond donors (Lipinski definition) is 1. The third kappa shape index (κ3) is 4.43. The minimum atomic E-state index is -0.728. The molecule has 32 heavy (non-hydrogen) atoms. The van der Waals surface area contributed by atoms with Gasteiger partial charge in [0.1, 0.15) is 11.5 Å². The molecular weight excluding hydrogens is 410 g/mol. The van der Waals surface area contributed by atoms with Crippen molar-refractivity contribution >= 4 is 11.7 Å². The van der Waals surface area contributed by atoms with E-state index in [0.717, 1.165) is 37.0 Å². The molecule has 1 N–H and O–H groups in total. The first-order valence-electron chi connectivity index (χ1n) is 11.2. The number of unbranched alkanes of at least 4 members (excludes halogenated alkanes) is 1. The van der Waals surface area contributed by atoms with E-state index in [4.69, 9.17) is 13.9 Å². The normalized spacial score (nSPS) is 20.9. The number of benzene rings is 1. The molecule has 0 unspecified atom stereocenters. The van der Waals surface area contributed by atoms with Gasteiger partial charge in [-0.05, 0) is 56.0 Å². The number of amides is 1. The first-order valence-corrected chi connectivity index (χ1v) is 11.2. The van der Waals surface area contributed by atoms with Gasteiger partial charge in [0.25, 0.3) is 5.91 Å². The van der Waals surface area contributed by atoms with E-state index in [-0.39, 0.29) is 17.4 Å². The maximum absolute atomic E-state index is 13.3. The summed E-state index contributed by atoms with van der Waals surface area (Å²) in [6, 6.07) is 9.84. The summed E-state index contributed by atoms with van der Waals surface area (Å²) in [4.78, 5) is 27.8. The number of aliphatic hydroxyl groups excluding tert-OH is 1. The zero-order chi connectivity index (χ0) is 22.7. The summed E-state index contributed by atoms with van der Waals surface area (Å²) in [5.74, 6) is -0.192. The van der Waals surface area contributed by atoms with Gasteiger partial charge in [-0.15, -0.1) is 0 Å². The van der Waals surface area contributed by atoms with Gasteiger partial charge in [0.2, 0.25) is 5.78 Å². The predicted molar refractivity (Wildman–Crippen MR) is 118 cm³/mol. The van der Waals surface area contributed by atoms with Crippen LogP contribution in [0.3, 0.4) is 0 Å². The fourth-order valence-electron chi connectivity index (χ4n) is 4.20. The van der Waals surface area contributed by atoms with Crippen LogP contribution in [0.2, 0.25) is 0 Å². The van der Waals surface area contributed by atoms with Crippen LogP contribution in [0, 0.1) is 6.92 Å². The molecule has 7 heteroatoms. The highest BCUT2D eigenvalue weighted by Gasteiger charge is 2.45. The topological polar surface area (TPSA) is 89.2 Å². The molecule has 1 aromatic heterocycles. The van der Waals surface area contributed by atoms with Crippen molar-refractivity contribution in [3.05, 3.63) is 64.8 Å². The summed E-state index contributed by atoms with van der Waals surface area (Å²) >= 11 is 0.